The number of ether oxygens (including phenoxy) is 3. The second kappa shape index (κ2) is 6.58. The molecule has 0 bridgehead atoms. The molecule has 0 aromatic carbocycles. The van der Waals surface area contributed by atoms with Gasteiger partial charge < -0.3 is 14.2 Å². The van der Waals surface area contributed by atoms with Gasteiger partial charge in [0.15, 0.2) is 5.79 Å². The van der Waals surface area contributed by atoms with Crippen molar-refractivity contribution in [2.45, 2.75) is 84.1 Å². The molecule has 0 amide bonds. The van der Waals surface area contributed by atoms with Crippen LogP contribution in [0.4, 0.5) is 0 Å². The second-order valence-corrected chi connectivity index (χ2v) is 9.25. The Balaban J connectivity index is 1.99. The fraction of sp³-hybridized carbons (Fsp3) is 0.947. The third-order valence-electron chi connectivity index (χ3n) is 5.62. The monoisotopic (exact) mass is 341 g/mol. The molecule has 0 radical (unpaired) electrons. The van der Waals surface area contributed by atoms with Gasteiger partial charge in [-0.05, 0) is 41.2 Å². The lowest BCUT2D eigenvalue weighted by atomic mass is 9.75. The third-order valence-corrected chi connectivity index (χ3v) is 5.62. The average Bonchev–Trinajstić information content (AvgIpc) is 2.47. The molecule has 5 nitrogen and oxygen atoms in total. The number of hydrogen-bond acceptors (Lipinski definition) is 5. The predicted molar refractivity (Wildman–Crippen MR) is 93.8 cm³/mol. The summed E-state index contributed by atoms with van der Waals surface area (Å²) < 4.78 is 18.0. The van der Waals surface area contributed by atoms with Crippen molar-refractivity contribution in [1.82, 2.24) is 4.90 Å². The third kappa shape index (κ3) is 4.12. The van der Waals surface area contributed by atoms with Gasteiger partial charge in [0, 0.05) is 35.8 Å². The summed E-state index contributed by atoms with van der Waals surface area (Å²) >= 11 is 0. The minimum absolute atomic E-state index is 0.00306. The molecule has 0 aromatic rings. The van der Waals surface area contributed by atoms with Crippen LogP contribution < -0.4 is 0 Å². The van der Waals surface area contributed by atoms with Crippen LogP contribution in [0.25, 0.3) is 0 Å². The van der Waals surface area contributed by atoms with E-state index in [0.717, 1.165) is 19.3 Å². The molecule has 0 aromatic heterocycles. The van der Waals surface area contributed by atoms with E-state index in [9.17, 15) is 4.79 Å². The molecule has 2 heterocycles. The highest BCUT2D eigenvalue weighted by atomic mass is 16.7. The number of esters is 1. The van der Waals surface area contributed by atoms with Crippen LogP contribution >= 0.6 is 0 Å². The molecule has 2 aliphatic rings. The zero-order valence-electron chi connectivity index (χ0n) is 16.5. The molecule has 1 spiro atoms. The zero-order chi connectivity index (χ0) is 18.2. The molecule has 0 atom stereocenters. The molecule has 0 aliphatic carbocycles. The minimum Gasteiger partial charge on any atom is -0.465 e. The van der Waals surface area contributed by atoms with E-state index in [-0.39, 0.29) is 22.5 Å². The van der Waals surface area contributed by atoms with Crippen molar-refractivity contribution in [2.75, 3.05) is 26.9 Å². The van der Waals surface area contributed by atoms with Gasteiger partial charge in [-0.2, -0.15) is 0 Å². The molecule has 0 N–H and O–H groups in total. The van der Waals surface area contributed by atoms with Crippen molar-refractivity contribution in [2.24, 2.45) is 5.41 Å². The first-order chi connectivity index (χ1) is 10.9. The summed E-state index contributed by atoms with van der Waals surface area (Å²) in [6.45, 7) is 14.5. The van der Waals surface area contributed by atoms with E-state index in [1.165, 1.54) is 0 Å². The van der Waals surface area contributed by atoms with E-state index >= 15 is 0 Å². The van der Waals surface area contributed by atoms with Gasteiger partial charge in [-0.3, -0.25) is 9.69 Å². The summed E-state index contributed by atoms with van der Waals surface area (Å²) in [5.74, 6) is -0.674. The van der Waals surface area contributed by atoms with Gasteiger partial charge in [-0.15, -0.1) is 0 Å². The summed E-state index contributed by atoms with van der Waals surface area (Å²) in [5.41, 5.74) is -0.265. The predicted octanol–water partition coefficient (Wildman–Crippen LogP) is 3.36. The number of carbonyl (C=O) groups excluding carboxylic acids is 1. The van der Waals surface area contributed by atoms with E-state index in [1.54, 1.807) is 0 Å². The Morgan fingerprint density at radius 1 is 1.04 bits per heavy atom. The van der Waals surface area contributed by atoms with Crippen LogP contribution in [0, 0.1) is 5.41 Å². The molecule has 0 saturated carbocycles. The maximum absolute atomic E-state index is 11.6. The van der Waals surface area contributed by atoms with Crippen molar-refractivity contribution in [3.63, 3.8) is 0 Å². The summed E-state index contributed by atoms with van der Waals surface area (Å²) in [6, 6.07) is 0. The van der Waals surface area contributed by atoms with E-state index in [4.69, 9.17) is 14.2 Å². The normalized spacial score (nSPS) is 27.8. The quantitative estimate of drug-likeness (QED) is 0.734. The van der Waals surface area contributed by atoms with Gasteiger partial charge >= 0.3 is 5.97 Å². The highest BCUT2D eigenvalue weighted by Crippen LogP contribution is 2.47. The van der Waals surface area contributed by atoms with Gasteiger partial charge in [-0.25, -0.2) is 0 Å². The Morgan fingerprint density at radius 2 is 1.54 bits per heavy atom. The second-order valence-electron chi connectivity index (χ2n) is 9.25. The summed E-state index contributed by atoms with van der Waals surface area (Å²) in [5, 5.41) is 0. The van der Waals surface area contributed by atoms with Crippen molar-refractivity contribution in [3.8, 4) is 0 Å². The average molecular weight is 341 g/mol. The van der Waals surface area contributed by atoms with Crippen molar-refractivity contribution < 1.29 is 19.0 Å². The maximum Gasteiger partial charge on any atom is 0.305 e. The van der Waals surface area contributed by atoms with E-state index in [0.29, 0.717) is 26.2 Å². The highest BCUT2D eigenvalue weighted by Gasteiger charge is 2.55. The number of hydrogen-bond donors (Lipinski definition) is 0. The first-order valence-corrected chi connectivity index (χ1v) is 9.11. The number of rotatable bonds is 4. The molecule has 140 valence electrons. The molecule has 0 unspecified atom stereocenters. The van der Waals surface area contributed by atoms with Crippen molar-refractivity contribution >= 4 is 5.97 Å². The SMILES string of the molecule is CCCC(=O)OCC1(C)COC2(CC(C)(C)N(C)C(C)(C)C2)OC1. The fourth-order valence-electron chi connectivity index (χ4n) is 3.95. The zero-order valence-corrected chi connectivity index (χ0v) is 16.5. The van der Waals surface area contributed by atoms with Gasteiger partial charge in [0.1, 0.15) is 6.61 Å². The lowest BCUT2D eigenvalue weighted by Crippen LogP contribution is -2.67. The van der Waals surface area contributed by atoms with Crippen LogP contribution in [0.15, 0.2) is 0 Å². The van der Waals surface area contributed by atoms with Crippen LogP contribution in [-0.2, 0) is 19.0 Å². The van der Waals surface area contributed by atoms with Crippen molar-refractivity contribution in [3.05, 3.63) is 0 Å². The number of piperidine rings is 1. The smallest absolute Gasteiger partial charge is 0.305 e. The van der Waals surface area contributed by atoms with Crippen LogP contribution in [0.3, 0.4) is 0 Å². The summed E-state index contributed by atoms with van der Waals surface area (Å²) in [7, 11) is 2.17. The van der Waals surface area contributed by atoms with Gasteiger partial charge in [0.05, 0.1) is 13.2 Å². The first-order valence-electron chi connectivity index (χ1n) is 9.11. The fourth-order valence-corrected chi connectivity index (χ4v) is 3.95. The van der Waals surface area contributed by atoms with E-state index in [1.807, 2.05) is 6.92 Å². The van der Waals surface area contributed by atoms with Gasteiger partial charge in [0.2, 0.25) is 0 Å². The van der Waals surface area contributed by atoms with Crippen molar-refractivity contribution in [1.29, 1.82) is 0 Å². The number of likely N-dealkylation sites (tertiary alicyclic amines) is 1. The minimum atomic E-state index is -0.535. The Labute approximate surface area is 147 Å². The van der Waals surface area contributed by atoms with Crippen LogP contribution in [0.2, 0.25) is 0 Å². The topological polar surface area (TPSA) is 48.0 Å². The van der Waals surface area contributed by atoms with E-state index < -0.39 is 5.79 Å². The molecule has 24 heavy (non-hydrogen) atoms. The van der Waals surface area contributed by atoms with Crippen LogP contribution in [0.1, 0.15) is 67.2 Å². The Hall–Kier alpha value is -0.650. The molecular formula is C19H35NO4. The number of carbonyl (C=O) groups is 1. The lowest BCUT2D eigenvalue weighted by molar-refractivity contribution is -0.341. The highest BCUT2D eigenvalue weighted by molar-refractivity contribution is 5.69. The number of nitrogens with zero attached hydrogens (tertiary/aromatic N) is 1. The van der Waals surface area contributed by atoms with Gasteiger partial charge in [-0.1, -0.05) is 13.8 Å². The molecular weight excluding hydrogens is 306 g/mol. The Bertz CT molecular complexity index is 444. The largest absolute Gasteiger partial charge is 0.465 e. The van der Waals surface area contributed by atoms with Crippen LogP contribution in [0.5, 0.6) is 0 Å². The van der Waals surface area contributed by atoms with Gasteiger partial charge in [0.25, 0.3) is 0 Å². The summed E-state index contributed by atoms with van der Waals surface area (Å²) in [4.78, 5) is 14.0. The molecule has 5 heteroatoms. The molecule has 2 rings (SSSR count). The lowest BCUT2D eigenvalue weighted by Gasteiger charge is -2.59. The van der Waals surface area contributed by atoms with E-state index in [2.05, 4.69) is 46.6 Å². The molecule has 2 fully saturated rings. The first kappa shape index (κ1) is 19.7. The Kier molecular flexibility index (Phi) is 5.39. The standard InChI is InChI=1S/C19H35NO4/c1-8-9-15(21)22-12-18(6)13-23-19(24-14-18)10-16(2,3)20(7)17(4,5)11-19/h8-14H2,1-7H3. The maximum atomic E-state index is 11.6. The van der Waals surface area contributed by atoms with Crippen LogP contribution in [-0.4, -0.2) is 54.6 Å². The summed E-state index contributed by atoms with van der Waals surface area (Å²) in [6.07, 6.45) is 2.96. The Morgan fingerprint density at radius 3 is 2.00 bits per heavy atom. The molecule has 2 aliphatic heterocycles. The molecule has 2 saturated heterocycles.